The van der Waals surface area contributed by atoms with Gasteiger partial charge in [-0.15, -0.1) is 12.4 Å². The van der Waals surface area contributed by atoms with Crippen LogP contribution in [0.5, 0.6) is 0 Å². The minimum absolute atomic E-state index is 0. The number of anilines is 1. The predicted molar refractivity (Wildman–Crippen MR) is 100 cm³/mol. The molecule has 0 saturated carbocycles. The number of carbonyl (C=O) groups is 1. The maximum Gasteiger partial charge on any atom is 0.251 e. The van der Waals surface area contributed by atoms with E-state index in [4.69, 9.17) is 0 Å². The Hall–Kier alpha value is -1.31. The number of piperidine rings is 1. The van der Waals surface area contributed by atoms with Gasteiger partial charge in [0, 0.05) is 30.2 Å². The Morgan fingerprint density at radius 3 is 2.56 bits per heavy atom. The molecule has 2 fully saturated rings. The molecule has 25 heavy (non-hydrogen) atoms. The van der Waals surface area contributed by atoms with E-state index in [1.807, 2.05) is 6.07 Å². The zero-order valence-corrected chi connectivity index (χ0v) is 15.8. The Bertz CT molecular complexity index is 771. The second-order valence-corrected chi connectivity index (χ2v) is 9.12. The maximum atomic E-state index is 12.6. The van der Waals surface area contributed by atoms with Crippen molar-refractivity contribution in [2.45, 2.75) is 50.2 Å². The van der Waals surface area contributed by atoms with Gasteiger partial charge < -0.3 is 10.6 Å². The number of amides is 1. The van der Waals surface area contributed by atoms with Crippen LogP contribution in [0.2, 0.25) is 0 Å². The lowest BCUT2D eigenvalue weighted by Gasteiger charge is -2.29. The quantitative estimate of drug-likeness (QED) is 0.825. The maximum absolute atomic E-state index is 12.6. The second-order valence-electron chi connectivity index (χ2n) is 7.21. The predicted octanol–water partition coefficient (Wildman–Crippen LogP) is 1.44. The van der Waals surface area contributed by atoms with Crippen LogP contribution >= 0.6 is 12.4 Å². The van der Waals surface area contributed by atoms with Crippen LogP contribution in [0.4, 0.5) is 5.69 Å². The van der Waals surface area contributed by atoms with Gasteiger partial charge in [0.15, 0.2) is 0 Å². The number of nitrogens with one attached hydrogen (secondary N) is 2. The molecule has 3 heterocycles. The summed E-state index contributed by atoms with van der Waals surface area (Å²) in [6.45, 7) is 0.455. The van der Waals surface area contributed by atoms with Crippen molar-refractivity contribution in [1.29, 1.82) is 0 Å². The number of nitrogens with zero attached hydrogens (tertiary/aromatic N) is 1. The van der Waals surface area contributed by atoms with Crippen molar-refractivity contribution >= 4 is 34.0 Å². The summed E-state index contributed by atoms with van der Waals surface area (Å²) in [7, 11) is -3.25. The van der Waals surface area contributed by atoms with E-state index in [0.29, 0.717) is 36.3 Å². The molecule has 1 aromatic carbocycles. The second kappa shape index (κ2) is 6.78. The molecule has 2 N–H and O–H groups in total. The molecule has 2 bridgehead atoms. The van der Waals surface area contributed by atoms with Crippen molar-refractivity contribution in [2.75, 3.05) is 17.1 Å². The third-order valence-corrected chi connectivity index (χ3v) is 6.58. The lowest BCUT2D eigenvalue weighted by Crippen LogP contribution is -2.48. The first-order chi connectivity index (χ1) is 11.4. The molecular formula is C17H24ClN3O3S. The first-order valence-electron chi connectivity index (χ1n) is 8.58. The lowest BCUT2D eigenvalue weighted by atomic mass is 9.99. The zero-order chi connectivity index (χ0) is 16.9. The van der Waals surface area contributed by atoms with Crippen molar-refractivity contribution in [1.82, 2.24) is 10.6 Å². The number of rotatable bonds is 3. The Labute approximate surface area is 154 Å². The summed E-state index contributed by atoms with van der Waals surface area (Å²) in [5.74, 6) is -0.0538. The number of hydrogen-bond donors (Lipinski definition) is 2. The van der Waals surface area contributed by atoms with E-state index < -0.39 is 10.0 Å². The summed E-state index contributed by atoms with van der Waals surface area (Å²) in [4.78, 5) is 12.6. The van der Waals surface area contributed by atoms with E-state index in [1.54, 1.807) is 12.1 Å². The number of carbonyl (C=O) groups excluding carboxylic acids is 1. The first-order valence-corrected chi connectivity index (χ1v) is 10.4. The fourth-order valence-corrected chi connectivity index (χ4v) is 5.26. The molecule has 2 unspecified atom stereocenters. The molecule has 0 aromatic heterocycles. The van der Waals surface area contributed by atoms with Crippen LogP contribution in [-0.2, 0) is 16.4 Å². The highest BCUT2D eigenvalue weighted by Crippen LogP contribution is 2.31. The summed E-state index contributed by atoms with van der Waals surface area (Å²) in [5, 5.41) is 6.73. The highest BCUT2D eigenvalue weighted by atomic mass is 35.5. The summed E-state index contributed by atoms with van der Waals surface area (Å²) in [6.07, 6.45) is 6.27. The van der Waals surface area contributed by atoms with Gasteiger partial charge in [-0.25, -0.2) is 8.42 Å². The minimum Gasteiger partial charge on any atom is -0.349 e. The topological polar surface area (TPSA) is 78.5 Å². The van der Waals surface area contributed by atoms with Gasteiger partial charge >= 0.3 is 0 Å². The monoisotopic (exact) mass is 385 g/mol. The van der Waals surface area contributed by atoms with Crippen molar-refractivity contribution < 1.29 is 13.2 Å². The molecule has 1 amide bonds. The average molecular weight is 386 g/mol. The molecule has 138 valence electrons. The van der Waals surface area contributed by atoms with Crippen LogP contribution in [0.25, 0.3) is 0 Å². The van der Waals surface area contributed by atoms with Gasteiger partial charge in [-0.2, -0.15) is 0 Å². The number of fused-ring (bicyclic) bond motifs is 3. The molecule has 3 aliphatic rings. The summed E-state index contributed by atoms with van der Waals surface area (Å²) < 4.78 is 25.0. The standard InChI is InChI=1S/C17H23N3O3S.ClH/c1-24(22,23)20-7-6-11-8-12(2-5-16(11)20)17(21)19-15-9-13-3-4-14(10-15)18-13;/h2,5,8,13-15,18H,3-4,6-7,9-10H2,1H3,(H,19,21);1H. The molecule has 0 aliphatic carbocycles. The van der Waals surface area contributed by atoms with E-state index in [1.165, 1.54) is 23.4 Å². The highest BCUT2D eigenvalue weighted by molar-refractivity contribution is 7.92. The van der Waals surface area contributed by atoms with Crippen molar-refractivity contribution in [3.05, 3.63) is 29.3 Å². The van der Waals surface area contributed by atoms with Crippen LogP contribution in [0.3, 0.4) is 0 Å². The van der Waals surface area contributed by atoms with Gasteiger partial charge in [0.1, 0.15) is 0 Å². The fraction of sp³-hybridized carbons (Fsp3) is 0.588. The Balaban J connectivity index is 0.00000182. The average Bonchev–Trinajstić information content (AvgIpc) is 3.09. The number of hydrogen-bond acceptors (Lipinski definition) is 4. The summed E-state index contributed by atoms with van der Waals surface area (Å²) in [6, 6.07) is 6.63. The smallest absolute Gasteiger partial charge is 0.251 e. The molecule has 0 radical (unpaired) electrons. The van der Waals surface area contributed by atoms with Gasteiger partial charge in [0.05, 0.1) is 11.9 Å². The van der Waals surface area contributed by atoms with E-state index >= 15 is 0 Å². The number of halogens is 1. The van der Waals surface area contributed by atoms with Crippen LogP contribution in [0.15, 0.2) is 18.2 Å². The third kappa shape index (κ3) is 3.64. The molecule has 2 saturated heterocycles. The van der Waals surface area contributed by atoms with E-state index in [0.717, 1.165) is 18.4 Å². The summed E-state index contributed by atoms with van der Waals surface area (Å²) in [5.41, 5.74) is 2.25. The van der Waals surface area contributed by atoms with Crippen LogP contribution in [-0.4, -0.2) is 45.3 Å². The molecule has 1 aromatic rings. The van der Waals surface area contributed by atoms with Crippen LogP contribution in [0.1, 0.15) is 41.6 Å². The molecule has 4 rings (SSSR count). The molecule has 0 spiro atoms. The minimum atomic E-state index is -3.25. The van der Waals surface area contributed by atoms with Crippen LogP contribution in [0, 0.1) is 0 Å². The lowest BCUT2D eigenvalue weighted by molar-refractivity contribution is 0.0924. The van der Waals surface area contributed by atoms with Crippen molar-refractivity contribution in [3.8, 4) is 0 Å². The van der Waals surface area contributed by atoms with Crippen LogP contribution < -0.4 is 14.9 Å². The first kappa shape index (κ1) is 18.5. The third-order valence-electron chi connectivity index (χ3n) is 5.40. The number of sulfonamides is 1. The molecular weight excluding hydrogens is 362 g/mol. The van der Waals surface area contributed by atoms with E-state index in [9.17, 15) is 13.2 Å². The largest absolute Gasteiger partial charge is 0.349 e. The van der Waals surface area contributed by atoms with Gasteiger partial charge in [0.2, 0.25) is 10.0 Å². The highest BCUT2D eigenvalue weighted by Gasteiger charge is 2.34. The van der Waals surface area contributed by atoms with Gasteiger partial charge in [0.25, 0.3) is 5.91 Å². The fourth-order valence-electron chi connectivity index (χ4n) is 4.30. The number of benzene rings is 1. The van der Waals surface area contributed by atoms with Crippen molar-refractivity contribution in [3.63, 3.8) is 0 Å². The van der Waals surface area contributed by atoms with Gasteiger partial charge in [-0.1, -0.05) is 0 Å². The van der Waals surface area contributed by atoms with Gasteiger partial charge in [-0.05, 0) is 55.9 Å². The molecule has 6 nitrogen and oxygen atoms in total. The SMILES string of the molecule is CS(=O)(=O)N1CCc2cc(C(=O)NC3CC4CCC(C3)N4)ccc21.Cl. The normalized spacial score (nSPS) is 27.6. The summed E-state index contributed by atoms with van der Waals surface area (Å²) >= 11 is 0. The molecule has 8 heteroatoms. The molecule has 2 atom stereocenters. The Kier molecular flexibility index (Phi) is 5.01. The Morgan fingerprint density at radius 2 is 1.92 bits per heavy atom. The Morgan fingerprint density at radius 1 is 1.24 bits per heavy atom. The zero-order valence-electron chi connectivity index (χ0n) is 14.2. The van der Waals surface area contributed by atoms with E-state index in [-0.39, 0.29) is 24.4 Å². The van der Waals surface area contributed by atoms with Gasteiger partial charge in [-0.3, -0.25) is 9.10 Å². The molecule has 3 aliphatic heterocycles. The van der Waals surface area contributed by atoms with E-state index in [2.05, 4.69) is 10.6 Å². The van der Waals surface area contributed by atoms with Crippen molar-refractivity contribution in [2.24, 2.45) is 0 Å².